The third-order valence-electron chi connectivity index (χ3n) is 2.77. The fourth-order valence-electron chi connectivity index (χ4n) is 1.71. The lowest BCUT2D eigenvalue weighted by Gasteiger charge is -2.02. The second-order valence-electron chi connectivity index (χ2n) is 4.18. The molecule has 0 aromatic heterocycles. The number of carboxylic acids is 1. The van der Waals surface area contributed by atoms with E-state index in [1.165, 1.54) is 13.8 Å². The van der Waals surface area contributed by atoms with Crippen LogP contribution in [0.15, 0.2) is 11.9 Å². The van der Waals surface area contributed by atoms with Crippen LogP contribution in [0.2, 0.25) is 0 Å². The van der Waals surface area contributed by atoms with Crippen molar-refractivity contribution in [3.05, 3.63) is 11.9 Å². The highest BCUT2D eigenvalue weighted by molar-refractivity contribution is 5.76. The molecule has 0 aromatic carbocycles. The number of allylic oxidation sites excluding steroid dienone is 2. The van der Waals surface area contributed by atoms with Crippen molar-refractivity contribution in [2.24, 2.45) is 17.3 Å². The van der Waals surface area contributed by atoms with Crippen molar-refractivity contribution < 1.29 is 27.5 Å². The van der Waals surface area contributed by atoms with Gasteiger partial charge in [0, 0.05) is 0 Å². The number of hydrogen-bond acceptors (Lipinski definition) is 1. The standard InChI is InChI=1S/C9H10F4O2/c1-8(2)4(6(8)7(14)15)3-5(10)9(11,12)13/h3-4,6H,1-2H3,(H,14,15). The van der Waals surface area contributed by atoms with Crippen molar-refractivity contribution in [3.8, 4) is 0 Å². The van der Waals surface area contributed by atoms with Crippen LogP contribution in [0.5, 0.6) is 0 Å². The highest BCUT2D eigenvalue weighted by Gasteiger charge is 2.61. The lowest BCUT2D eigenvalue weighted by atomic mass is 10.1. The zero-order chi connectivity index (χ0) is 12.0. The average molecular weight is 226 g/mol. The van der Waals surface area contributed by atoms with Gasteiger partial charge in [0.05, 0.1) is 5.92 Å². The number of hydrogen-bond donors (Lipinski definition) is 1. The summed E-state index contributed by atoms with van der Waals surface area (Å²) in [5.74, 6) is -5.25. The lowest BCUT2D eigenvalue weighted by molar-refractivity contribution is -0.139. The van der Waals surface area contributed by atoms with Gasteiger partial charge < -0.3 is 5.11 Å². The van der Waals surface area contributed by atoms with E-state index in [1.807, 2.05) is 0 Å². The molecule has 86 valence electrons. The molecule has 15 heavy (non-hydrogen) atoms. The SMILES string of the molecule is CC1(C)C(C=C(F)C(F)(F)F)C1C(=O)O. The number of alkyl halides is 3. The number of carboxylic acid groups (broad SMARTS) is 1. The molecule has 0 spiro atoms. The number of aliphatic carboxylic acids is 1. The molecule has 1 aliphatic carbocycles. The predicted molar refractivity (Wildman–Crippen MR) is 43.6 cm³/mol. The van der Waals surface area contributed by atoms with Crippen LogP contribution in [0.3, 0.4) is 0 Å². The zero-order valence-electron chi connectivity index (χ0n) is 8.10. The molecule has 2 nitrogen and oxygen atoms in total. The summed E-state index contributed by atoms with van der Waals surface area (Å²) < 4.78 is 48.0. The van der Waals surface area contributed by atoms with Crippen molar-refractivity contribution in [3.63, 3.8) is 0 Å². The minimum absolute atomic E-state index is 0.360. The van der Waals surface area contributed by atoms with Gasteiger partial charge in [0.25, 0.3) is 0 Å². The first-order valence-electron chi connectivity index (χ1n) is 4.26. The molecule has 0 radical (unpaired) electrons. The minimum atomic E-state index is -5.03. The predicted octanol–water partition coefficient (Wildman–Crippen LogP) is 2.76. The van der Waals surface area contributed by atoms with Gasteiger partial charge in [-0.2, -0.15) is 13.2 Å². The molecule has 2 unspecified atom stereocenters. The molecule has 0 bridgehead atoms. The Bertz CT molecular complexity index is 317. The molecule has 0 heterocycles. The van der Waals surface area contributed by atoms with Crippen LogP contribution in [-0.4, -0.2) is 17.3 Å². The third-order valence-corrected chi connectivity index (χ3v) is 2.77. The monoisotopic (exact) mass is 226 g/mol. The van der Waals surface area contributed by atoms with Crippen molar-refractivity contribution in [1.82, 2.24) is 0 Å². The molecule has 2 atom stereocenters. The van der Waals surface area contributed by atoms with E-state index in [0.717, 1.165) is 0 Å². The van der Waals surface area contributed by atoms with E-state index in [4.69, 9.17) is 5.11 Å². The van der Waals surface area contributed by atoms with E-state index in [9.17, 15) is 22.4 Å². The van der Waals surface area contributed by atoms with Gasteiger partial charge in [-0.1, -0.05) is 13.8 Å². The van der Waals surface area contributed by atoms with Crippen molar-refractivity contribution in [1.29, 1.82) is 0 Å². The van der Waals surface area contributed by atoms with Crippen molar-refractivity contribution in [2.75, 3.05) is 0 Å². The summed E-state index contributed by atoms with van der Waals surface area (Å²) in [6, 6.07) is 0. The maximum Gasteiger partial charge on any atom is 0.442 e. The maximum absolute atomic E-state index is 12.5. The topological polar surface area (TPSA) is 37.3 Å². The lowest BCUT2D eigenvalue weighted by Crippen LogP contribution is -2.08. The van der Waals surface area contributed by atoms with Crippen LogP contribution in [0.25, 0.3) is 0 Å². The van der Waals surface area contributed by atoms with E-state index >= 15 is 0 Å². The van der Waals surface area contributed by atoms with Crippen molar-refractivity contribution in [2.45, 2.75) is 20.0 Å². The summed E-state index contributed by atoms with van der Waals surface area (Å²) in [6.07, 6.45) is -4.67. The Hall–Kier alpha value is -1.07. The summed E-state index contributed by atoms with van der Waals surface area (Å²) in [5, 5.41) is 8.64. The van der Waals surface area contributed by atoms with Crippen LogP contribution >= 0.6 is 0 Å². The van der Waals surface area contributed by atoms with Gasteiger partial charge in [0.15, 0.2) is 5.83 Å². The normalized spacial score (nSPS) is 30.1. The van der Waals surface area contributed by atoms with Gasteiger partial charge in [0.2, 0.25) is 0 Å². The smallest absolute Gasteiger partial charge is 0.442 e. The van der Waals surface area contributed by atoms with E-state index in [2.05, 4.69) is 0 Å². The number of rotatable bonds is 2. The highest BCUT2D eigenvalue weighted by atomic mass is 19.4. The van der Waals surface area contributed by atoms with E-state index in [-0.39, 0.29) is 0 Å². The maximum atomic E-state index is 12.5. The van der Waals surface area contributed by atoms with E-state index in [0.29, 0.717) is 6.08 Å². The Labute approximate surface area is 83.6 Å². The largest absolute Gasteiger partial charge is 0.481 e. The second-order valence-corrected chi connectivity index (χ2v) is 4.18. The summed E-state index contributed by atoms with van der Waals surface area (Å²) >= 11 is 0. The summed E-state index contributed by atoms with van der Waals surface area (Å²) in [5.41, 5.74) is -0.811. The molecule has 1 fully saturated rings. The Morgan fingerprint density at radius 2 is 1.87 bits per heavy atom. The zero-order valence-corrected chi connectivity index (χ0v) is 8.10. The second kappa shape index (κ2) is 3.21. The summed E-state index contributed by atoms with van der Waals surface area (Å²) in [6.45, 7) is 2.99. The first-order chi connectivity index (χ1) is 6.58. The molecule has 0 aliphatic heterocycles. The molecule has 6 heteroatoms. The van der Waals surface area contributed by atoms with E-state index < -0.39 is 35.2 Å². The molecule has 1 rings (SSSR count). The van der Waals surface area contributed by atoms with Gasteiger partial charge in [0.1, 0.15) is 0 Å². The first-order valence-corrected chi connectivity index (χ1v) is 4.26. The molecule has 0 saturated heterocycles. The van der Waals surface area contributed by atoms with Gasteiger partial charge in [-0.25, -0.2) is 4.39 Å². The summed E-state index contributed by atoms with van der Waals surface area (Å²) in [4.78, 5) is 10.6. The summed E-state index contributed by atoms with van der Waals surface area (Å²) in [7, 11) is 0. The van der Waals surface area contributed by atoms with Crippen LogP contribution in [0.4, 0.5) is 17.6 Å². The van der Waals surface area contributed by atoms with Crippen LogP contribution in [0, 0.1) is 17.3 Å². The highest BCUT2D eigenvalue weighted by Crippen LogP contribution is 2.59. The van der Waals surface area contributed by atoms with Gasteiger partial charge in [-0.05, 0) is 17.4 Å². The minimum Gasteiger partial charge on any atom is -0.481 e. The first kappa shape index (κ1) is 12.0. The molecular weight excluding hydrogens is 216 g/mol. The molecule has 1 aliphatic rings. The van der Waals surface area contributed by atoms with Crippen LogP contribution in [0.1, 0.15) is 13.8 Å². The average Bonchev–Trinajstić information content (AvgIpc) is 2.50. The Morgan fingerprint density at radius 1 is 1.40 bits per heavy atom. The Kier molecular flexibility index (Phi) is 2.57. The van der Waals surface area contributed by atoms with Gasteiger partial charge in [-0.3, -0.25) is 4.79 Å². The van der Waals surface area contributed by atoms with Crippen molar-refractivity contribution >= 4 is 5.97 Å². The Morgan fingerprint density at radius 3 is 2.13 bits per heavy atom. The number of halogens is 4. The molecular formula is C9H10F4O2. The quantitative estimate of drug-likeness (QED) is 0.735. The van der Waals surface area contributed by atoms with Gasteiger partial charge in [-0.15, -0.1) is 0 Å². The molecule has 0 amide bonds. The number of carbonyl (C=O) groups is 1. The van der Waals surface area contributed by atoms with Gasteiger partial charge >= 0.3 is 12.1 Å². The fourth-order valence-corrected chi connectivity index (χ4v) is 1.71. The Balaban J connectivity index is 2.83. The van der Waals surface area contributed by atoms with Crippen LogP contribution in [-0.2, 0) is 4.79 Å². The molecule has 1 saturated carbocycles. The third kappa shape index (κ3) is 2.13. The van der Waals surface area contributed by atoms with Crippen LogP contribution < -0.4 is 0 Å². The fraction of sp³-hybridized carbons (Fsp3) is 0.667. The molecule has 1 N–H and O–H groups in total. The molecule has 0 aromatic rings. The van der Waals surface area contributed by atoms with E-state index in [1.54, 1.807) is 0 Å².